The van der Waals surface area contributed by atoms with Crippen LogP contribution in [0.2, 0.25) is 0 Å². The number of likely N-dealkylation sites (tertiary alicyclic amines) is 1. The largest absolute Gasteiger partial charge is 0.336 e. The van der Waals surface area contributed by atoms with Gasteiger partial charge in [0, 0.05) is 37.3 Å². The molecular weight excluding hydrogens is 504 g/mol. The van der Waals surface area contributed by atoms with Gasteiger partial charge in [0.25, 0.3) is 5.56 Å². The van der Waals surface area contributed by atoms with Gasteiger partial charge in [0.15, 0.2) is 0 Å². The number of piperidine rings is 1. The Kier molecular flexibility index (Phi) is 6.44. The molecule has 1 saturated carbocycles. The Morgan fingerprint density at radius 2 is 1.94 bits per heavy atom. The van der Waals surface area contributed by atoms with E-state index in [0.717, 1.165) is 12.1 Å². The van der Waals surface area contributed by atoms with Crippen molar-refractivity contribution in [2.45, 2.75) is 42.7 Å². The molecule has 170 valence electrons. The number of nitrogens with one attached hydrogen (secondary N) is 1. The number of fused-ring (bicyclic) bond motifs is 4. The fraction of sp³-hybridized carbons (Fsp3) is 0.619. The molecule has 1 aromatic rings. The zero-order chi connectivity index (χ0) is 22.7. The van der Waals surface area contributed by atoms with E-state index in [1.807, 2.05) is 29.4 Å². The summed E-state index contributed by atoms with van der Waals surface area (Å²) in [5, 5.41) is 2.98. The van der Waals surface area contributed by atoms with Crippen LogP contribution in [0.3, 0.4) is 0 Å². The number of alkyl halides is 3. The van der Waals surface area contributed by atoms with Crippen LogP contribution in [-0.2, 0) is 11.3 Å². The van der Waals surface area contributed by atoms with Crippen molar-refractivity contribution in [1.82, 2.24) is 14.8 Å². The molecule has 1 aromatic heterocycles. The lowest BCUT2D eigenvalue weighted by atomic mass is 9.83. The van der Waals surface area contributed by atoms with Gasteiger partial charge in [0.2, 0.25) is 9.70 Å². The van der Waals surface area contributed by atoms with Gasteiger partial charge in [-0.1, -0.05) is 77.9 Å². The molecule has 10 heteroatoms. The van der Waals surface area contributed by atoms with Gasteiger partial charge in [-0.25, -0.2) is 0 Å². The molecule has 5 nitrogen and oxygen atoms in total. The van der Waals surface area contributed by atoms with Crippen molar-refractivity contribution >= 4 is 63.9 Å². The number of halogens is 5. The smallest absolute Gasteiger partial charge is 0.250 e. The summed E-state index contributed by atoms with van der Waals surface area (Å²) >= 11 is 30.7. The number of allylic oxidation sites excluding steroid dienone is 1. The highest BCUT2D eigenvalue weighted by atomic mass is 35.6. The zero-order valence-corrected chi connectivity index (χ0v) is 20.9. The molecule has 2 aliphatic heterocycles. The van der Waals surface area contributed by atoms with Crippen molar-refractivity contribution in [2.75, 3.05) is 13.1 Å². The summed E-state index contributed by atoms with van der Waals surface area (Å²) in [6.07, 6.45) is 1.87. The Hall–Kier alpha value is -0.430. The highest BCUT2D eigenvalue weighted by Gasteiger charge is 2.61. The van der Waals surface area contributed by atoms with Crippen LogP contribution in [-0.4, -0.2) is 38.4 Å². The first-order valence-corrected chi connectivity index (χ1v) is 12.1. The van der Waals surface area contributed by atoms with Crippen molar-refractivity contribution in [3.63, 3.8) is 0 Å². The third-order valence-corrected chi connectivity index (χ3v) is 7.83. The van der Waals surface area contributed by atoms with Crippen molar-refractivity contribution in [2.24, 2.45) is 23.2 Å². The average Bonchev–Trinajstić information content (AvgIpc) is 3.18. The van der Waals surface area contributed by atoms with Crippen LogP contribution in [0.1, 0.15) is 31.9 Å². The second-order valence-corrected chi connectivity index (χ2v) is 12.8. The predicted octanol–water partition coefficient (Wildman–Crippen LogP) is 4.67. The van der Waals surface area contributed by atoms with Gasteiger partial charge >= 0.3 is 0 Å². The first-order chi connectivity index (χ1) is 14.4. The molecule has 3 heterocycles. The van der Waals surface area contributed by atoms with Gasteiger partial charge in [-0.15, -0.1) is 0 Å². The minimum absolute atomic E-state index is 0.0138. The minimum atomic E-state index is -1.72. The number of hydrogen-bond donors (Lipinski definition) is 1. The van der Waals surface area contributed by atoms with Crippen molar-refractivity contribution in [3.05, 3.63) is 44.8 Å². The first-order valence-electron chi connectivity index (χ1n) is 10.2. The van der Waals surface area contributed by atoms with Gasteiger partial charge in [-0.05, 0) is 35.8 Å². The Balaban J connectivity index is 1.54. The maximum absolute atomic E-state index is 13.1. The van der Waals surface area contributed by atoms with Gasteiger partial charge in [0.05, 0.1) is 5.92 Å². The van der Waals surface area contributed by atoms with Gasteiger partial charge in [-0.3, -0.25) is 14.5 Å². The van der Waals surface area contributed by atoms with Crippen LogP contribution >= 0.6 is 58.0 Å². The molecular formula is C21H24Cl5N3O2. The predicted molar refractivity (Wildman–Crippen MR) is 126 cm³/mol. The summed E-state index contributed by atoms with van der Waals surface area (Å²) in [6.45, 7) is 5.81. The van der Waals surface area contributed by atoms with Crippen LogP contribution in [0.4, 0.5) is 0 Å². The topological polar surface area (TPSA) is 54.3 Å². The number of carbonyl (C=O) groups excluding carboxylic acids is 1. The molecule has 2 bridgehead atoms. The maximum Gasteiger partial charge on any atom is 0.250 e. The van der Waals surface area contributed by atoms with Crippen LogP contribution < -0.4 is 10.9 Å². The van der Waals surface area contributed by atoms with E-state index >= 15 is 0 Å². The minimum Gasteiger partial charge on any atom is -0.336 e. The monoisotopic (exact) mass is 525 g/mol. The SMILES string of the molecule is CC1(C)[C@@H](C=C(Cl)Cl)[C@@H]1C(=O)N[C@@H](N1C[C@H]2C[C@@H](C1)c1cccc(=O)n1C2)C(Cl)(Cl)Cl. The van der Waals surface area contributed by atoms with Crippen molar-refractivity contribution in [3.8, 4) is 0 Å². The van der Waals surface area contributed by atoms with E-state index in [2.05, 4.69) is 5.32 Å². The number of pyridine rings is 1. The number of nitrogens with zero attached hydrogens (tertiary/aromatic N) is 2. The molecule has 4 rings (SSSR count). The molecule has 3 aliphatic rings. The highest BCUT2D eigenvalue weighted by Crippen LogP contribution is 2.60. The molecule has 2 fully saturated rings. The summed E-state index contributed by atoms with van der Waals surface area (Å²) < 4.78 is 0.272. The number of rotatable bonds is 4. The normalized spacial score (nSPS) is 30.2. The summed E-state index contributed by atoms with van der Waals surface area (Å²) in [6, 6.07) is 5.35. The van der Waals surface area contributed by atoms with E-state index in [1.54, 1.807) is 18.2 Å². The molecule has 31 heavy (non-hydrogen) atoms. The third kappa shape index (κ3) is 4.64. The van der Waals surface area contributed by atoms with Crippen molar-refractivity contribution in [1.29, 1.82) is 0 Å². The van der Waals surface area contributed by atoms with E-state index in [0.29, 0.717) is 19.6 Å². The Morgan fingerprint density at radius 1 is 1.23 bits per heavy atom. The Bertz CT molecular complexity index is 966. The molecule has 0 spiro atoms. The van der Waals surface area contributed by atoms with Crippen LogP contribution in [0.15, 0.2) is 33.6 Å². The Labute approximate surface area is 206 Å². The summed E-state index contributed by atoms with van der Waals surface area (Å²) in [5.74, 6) is -0.201. The lowest BCUT2D eigenvalue weighted by Gasteiger charge is -2.47. The maximum atomic E-state index is 13.1. The third-order valence-electron chi connectivity index (χ3n) is 6.96. The quantitative estimate of drug-likeness (QED) is 0.579. The van der Waals surface area contributed by atoms with Gasteiger partial charge in [-0.2, -0.15) is 0 Å². The summed E-state index contributed by atoms with van der Waals surface area (Å²) in [4.78, 5) is 27.4. The number of aromatic nitrogens is 1. The van der Waals surface area contributed by atoms with E-state index in [4.69, 9.17) is 58.0 Å². The van der Waals surface area contributed by atoms with E-state index in [-0.39, 0.29) is 45.0 Å². The average molecular weight is 528 g/mol. The molecule has 1 aliphatic carbocycles. The second kappa shape index (κ2) is 8.41. The van der Waals surface area contributed by atoms with Crippen molar-refractivity contribution < 1.29 is 4.79 Å². The molecule has 5 atom stereocenters. The molecule has 1 amide bonds. The molecule has 1 saturated heterocycles. The fourth-order valence-corrected chi connectivity index (χ4v) is 6.22. The van der Waals surface area contributed by atoms with Crippen LogP contribution in [0.5, 0.6) is 0 Å². The van der Waals surface area contributed by atoms with E-state index < -0.39 is 9.96 Å². The van der Waals surface area contributed by atoms with E-state index in [1.165, 1.54) is 0 Å². The lowest BCUT2D eigenvalue weighted by molar-refractivity contribution is -0.125. The standard InChI is InChI=1S/C21H24Cl5N3O2/c1-20(2)13(7-15(22)23)17(20)18(31)27-19(21(24,25)26)28-8-11-6-12(10-28)14-4-3-5-16(30)29(14)9-11/h3-5,7,11-13,17,19H,6,8-10H2,1-2H3,(H,27,31)/t11-,12+,13+,17-,19+/m1/s1. The number of amides is 1. The molecule has 1 N–H and O–H groups in total. The highest BCUT2D eigenvalue weighted by molar-refractivity contribution is 6.68. The molecule has 0 aromatic carbocycles. The Morgan fingerprint density at radius 3 is 2.58 bits per heavy atom. The van der Waals surface area contributed by atoms with Crippen LogP contribution in [0, 0.1) is 23.2 Å². The molecule has 0 unspecified atom stereocenters. The molecule has 0 radical (unpaired) electrons. The van der Waals surface area contributed by atoms with E-state index in [9.17, 15) is 9.59 Å². The number of hydrogen-bond acceptors (Lipinski definition) is 3. The summed E-state index contributed by atoms with van der Waals surface area (Å²) in [7, 11) is 0. The van der Waals surface area contributed by atoms with Crippen LogP contribution in [0.25, 0.3) is 0 Å². The lowest BCUT2D eigenvalue weighted by Crippen LogP contribution is -2.60. The fourth-order valence-electron chi connectivity index (χ4n) is 5.37. The first kappa shape index (κ1) is 23.7. The second-order valence-electron chi connectivity index (χ2n) is 9.39. The van der Waals surface area contributed by atoms with Gasteiger partial charge in [0.1, 0.15) is 10.7 Å². The van der Waals surface area contributed by atoms with Gasteiger partial charge < -0.3 is 9.88 Å². The zero-order valence-electron chi connectivity index (χ0n) is 17.1. The number of carbonyl (C=O) groups is 1. The summed E-state index contributed by atoms with van der Waals surface area (Å²) in [5.41, 5.74) is 0.725.